The lowest BCUT2D eigenvalue weighted by atomic mass is 9.55. The van der Waals surface area contributed by atoms with Crippen LogP contribution in [-0.4, -0.2) is 17.8 Å². The van der Waals surface area contributed by atoms with Gasteiger partial charge in [0.05, 0.1) is 6.10 Å². The minimum Gasteiger partial charge on any atom is -0.508 e. The van der Waals surface area contributed by atoms with Gasteiger partial charge >= 0.3 is 0 Å². The number of fused-ring (bicyclic) bond motifs is 5. The van der Waals surface area contributed by atoms with E-state index in [2.05, 4.69) is 19.9 Å². The number of benzene rings is 1. The molecular formula is C26H40O2. The van der Waals surface area contributed by atoms with E-state index >= 15 is 0 Å². The van der Waals surface area contributed by atoms with E-state index in [1.54, 1.807) is 0 Å². The second-order valence-corrected chi connectivity index (χ2v) is 10.0. The van der Waals surface area contributed by atoms with E-state index in [1.165, 1.54) is 81.8 Å². The summed E-state index contributed by atoms with van der Waals surface area (Å²) in [6.07, 6.45) is 16.2. The van der Waals surface area contributed by atoms with Crippen LogP contribution in [0.4, 0.5) is 0 Å². The molecule has 28 heavy (non-hydrogen) atoms. The van der Waals surface area contributed by atoms with Gasteiger partial charge < -0.3 is 9.84 Å². The molecular weight excluding hydrogens is 344 g/mol. The van der Waals surface area contributed by atoms with Crippen LogP contribution in [-0.2, 0) is 11.2 Å². The lowest BCUT2D eigenvalue weighted by Gasteiger charge is -2.50. The fourth-order valence-electron chi connectivity index (χ4n) is 6.90. The van der Waals surface area contributed by atoms with Crippen molar-refractivity contribution in [3.8, 4) is 5.75 Å². The molecule has 0 radical (unpaired) electrons. The van der Waals surface area contributed by atoms with E-state index in [9.17, 15) is 5.11 Å². The summed E-state index contributed by atoms with van der Waals surface area (Å²) in [5.74, 6) is 2.78. The number of hydrogen-bond donors (Lipinski definition) is 1. The number of phenols is 1. The Morgan fingerprint density at radius 1 is 1.04 bits per heavy atom. The van der Waals surface area contributed by atoms with Crippen molar-refractivity contribution in [2.45, 2.75) is 103 Å². The van der Waals surface area contributed by atoms with Crippen LogP contribution in [0.1, 0.15) is 102 Å². The molecule has 3 aliphatic carbocycles. The Hall–Kier alpha value is -1.02. The van der Waals surface area contributed by atoms with E-state index in [0.717, 1.165) is 24.9 Å². The summed E-state index contributed by atoms with van der Waals surface area (Å²) in [6, 6.07) is 6.13. The van der Waals surface area contributed by atoms with Crippen LogP contribution in [0.3, 0.4) is 0 Å². The third-order valence-electron chi connectivity index (χ3n) is 8.44. The summed E-state index contributed by atoms with van der Waals surface area (Å²) >= 11 is 0. The highest BCUT2D eigenvalue weighted by Crippen LogP contribution is 2.61. The second kappa shape index (κ2) is 8.78. The van der Waals surface area contributed by atoms with Crippen molar-refractivity contribution in [1.82, 2.24) is 0 Å². The van der Waals surface area contributed by atoms with Crippen LogP contribution in [0.2, 0.25) is 0 Å². The average molecular weight is 385 g/mol. The minimum absolute atomic E-state index is 0.387. The first-order valence-corrected chi connectivity index (χ1v) is 12.1. The van der Waals surface area contributed by atoms with Crippen molar-refractivity contribution < 1.29 is 9.84 Å². The maximum atomic E-state index is 9.86. The van der Waals surface area contributed by atoms with Crippen molar-refractivity contribution in [3.05, 3.63) is 29.3 Å². The Morgan fingerprint density at radius 3 is 2.71 bits per heavy atom. The van der Waals surface area contributed by atoms with Gasteiger partial charge in [-0.25, -0.2) is 0 Å². The maximum absolute atomic E-state index is 9.86. The molecule has 1 aromatic rings. The molecule has 2 saturated carbocycles. The Labute approximate surface area is 172 Å². The molecule has 0 heterocycles. The Balaban J connectivity index is 1.34. The zero-order valence-electron chi connectivity index (χ0n) is 18.1. The van der Waals surface area contributed by atoms with E-state index in [4.69, 9.17) is 4.74 Å². The van der Waals surface area contributed by atoms with E-state index in [-0.39, 0.29) is 0 Å². The van der Waals surface area contributed by atoms with E-state index < -0.39 is 0 Å². The van der Waals surface area contributed by atoms with Crippen molar-refractivity contribution in [1.29, 1.82) is 0 Å². The number of phenolic OH excluding ortho intramolecular Hbond substituents is 1. The zero-order valence-corrected chi connectivity index (χ0v) is 18.1. The zero-order chi connectivity index (χ0) is 19.6. The number of unbranched alkanes of at least 4 members (excludes halogenated alkanes) is 5. The van der Waals surface area contributed by atoms with Crippen molar-refractivity contribution in [2.75, 3.05) is 6.61 Å². The Bertz CT molecular complexity index is 654. The van der Waals surface area contributed by atoms with Gasteiger partial charge in [-0.05, 0) is 91.4 Å². The largest absolute Gasteiger partial charge is 0.508 e. The molecule has 1 unspecified atom stereocenters. The first-order chi connectivity index (χ1) is 13.6. The first-order valence-electron chi connectivity index (χ1n) is 12.1. The van der Waals surface area contributed by atoms with Crippen LogP contribution in [0.15, 0.2) is 18.2 Å². The van der Waals surface area contributed by atoms with Crippen LogP contribution >= 0.6 is 0 Å². The second-order valence-electron chi connectivity index (χ2n) is 10.0. The summed E-state index contributed by atoms with van der Waals surface area (Å²) in [6.45, 7) is 5.79. The molecule has 2 fully saturated rings. The van der Waals surface area contributed by atoms with Crippen molar-refractivity contribution in [2.24, 2.45) is 17.3 Å². The molecule has 0 aliphatic heterocycles. The third-order valence-corrected chi connectivity index (χ3v) is 8.44. The highest BCUT2D eigenvalue weighted by atomic mass is 16.5. The first kappa shape index (κ1) is 20.3. The predicted molar refractivity (Wildman–Crippen MR) is 116 cm³/mol. The van der Waals surface area contributed by atoms with Crippen LogP contribution in [0.25, 0.3) is 0 Å². The quantitative estimate of drug-likeness (QED) is 0.489. The van der Waals surface area contributed by atoms with E-state index in [0.29, 0.717) is 23.2 Å². The normalized spacial score (nSPS) is 33.9. The number of aryl methyl sites for hydroxylation is 1. The lowest BCUT2D eigenvalue weighted by molar-refractivity contribution is -0.0647. The Morgan fingerprint density at radius 2 is 1.86 bits per heavy atom. The van der Waals surface area contributed by atoms with Gasteiger partial charge in [0.1, 0.15) is 5.75 Å². The van der Waals surface area contributed by atoms with Gasteiger partial charge in [0, 0.05) is 6.61 Å². The summed E-state index contributed by atoms with van der Waals surface area (Å²) in [5.41, 5.74) is 3.32. The van der Waals surface area contributed by atoms with Gasteiger partial charge in [-0.1, -0.05) is 52.0 Å². The summed E-state index contributed by atoms with van der Waals surface area (Å²) < 4.78 is 6.51. The van der Waals surface area contributed by atoms with Crippen molar-refractivity contribution in [3.63, 3.8) is 0 Å². The SMILES string of the molecule is CCCCCCCCOC1CC[C@H]2[C@@H]3CCc4cc(O)ccc4[C@H]3CC[C@]12C. The number of rotatable bonds is 8. The molecule has 0 spiro atoms. The summed E-state index contributed by atoms with van der Waals surface area (Å²) in [4.78, 5) is 0. The smallest absolute Gasteiger partial charge is 0.115 e. The molecule has 0 amide bonds. The molecule has 4 rings (SSSR count). The van der Waals surface area contributed by atoms with Gasteiger partial charge in [-0.2, -0.15) is 0 Å². The molecule has 0 saturated heterocycles. The van der Waals surface area contributed by atoms with Crippen LogP contribution in [0, 0.1) is 17.3 Å². The molecule has 156 valence electrons. The molecule has 0 bridgehead atoms. The molecule has 2 heteroatoms. The molecule has 1 N–H and O–H groups in total. The van der Waals surface area contributed by atoms with E-state index in [1.807, 2.05) is 12.1 Å². The molecule has 3 aliphatic rings. The van der Waals surface area contributed by atoms with Crippen LogP contribution in [0.5, 0.6) is 5.75 Å². The standard InChI is InChI=1S/C26H40O2/c1-3-4-5-6-7-8-17-28-25-14-13-24-23-11-9-19-18-20(27)10-12-21(19)22(23)15-16-26(24,25)2/h10,12,18,22-25,27H,3-9,11,13-17H2,1-2H3/t22-,23-,24+,25?,26+/m1/s1. The lowest BCUT2D eigenvalue weighted by Crippen LogP contribution is -2.44. The molecule has 2 nitrogen and oxygen atoms in total. The summed E-state index contributed by atoms with van der Waals surface area (Å²) in [5, 5.41) is 9.86. The van der Waals surface area contributed by atoms with Gasteiger partial charge in [0.25, 0.3) is 0 Å². The number of aromatic hydroxyl groups is 1. The van der Waals surface area contributed by atoms with Gasteiger partial charge in [0.15, 0.2) is 0 Å². The fourth-order valence-corrected chi connectivity index (χ4v) is 6.90. The fraction of sp³-hybridized carbons (Fsp3) is 0.769. The monoisotopic (exact) mass is 384 g/mol. The number of hydrogen-bond acceptors (Lipinski definition) is 2. The van der Waals surface area contributed by atoms with Gasteiger partial charge in [-0.15, -0.1) is 0 Å². The van der Waals surface area contributed by atoms with Crippen LogP contribution < -0.4 is 0 Å². The van der Waals surface area contributed by atoms with Crippen molar-refractivity contribution >= 4 is 0 Å². The molecule has 5 atom stereocenters. The third kappa shape index (κ3) is 3.86. The van der Waals surface area contributed by atoms with Gasteiger partial charge in [0.2, 0.25) is 0 Å². The number of ether oxygens (including phenoxy) is 1. The maximum Gasteiger partial charge on any atom is 0.115 e. The topological polar surface area (TPSA) is 29.5 Å². The average Bonchev–Trinajstić information content (AvgIpc) is 3.03. The highest BCUT2D eigenvalue weighted by Gasteiger charge is 2.55. The molecule has 0 aromatic heterocycles. The van der Waals surface area contributed by atoms with Gasteiger partial charge in [-0.3, -0.25) is 0 Å². The Kier molecular flexibility index (Phi) is 6.35. The predicted octanol–water partition coefficient (Wildman–Crippen LogP) is 6.99. The molecule has 1 aromatic carbocycles. The minimum atomic E-state index is 0.387. The summed E-state index contributed by atoms with van der Waals surface area (Å²) in [7, 11) is 0. The highest BCUT2D eigenvalue weighted by molar-refractivity contribution is 5.40.